The Labute approximate surface area is 93.3 Å². The van der Waals surface area contributed by atoms with Crippen molar-refractivity contribution < 1.29 is 5.11 Å². The van der Waals surface area contributed by atoms with E-state index in [1.54, 1.807) is 0 Å². The summed E-state index contributed by atoms with van der Waals surface area (Å²) in [5, 5.41) is 19.8. The lowest BCUT2D eigenvalue weighted by Gasteiger charge is -2.43. The van der Waals surface area contributed by atoms with Crippen LogP contribution >= 0.6 is 0 Å². The maximum Gasteiger partial charge on any atom is 0.0833 e. The maximum atomic E-state index is 10.7. The molecule has 4 unspecified atom stereocenters. The summed E-state index contributed by atoms with van der Waals surface area (Å²) in [7, 11) is 0. The topological polar surface area (TPSA) is 44.0 Å². The van der Waals surface area contributed by atoms with Gasteiger partial charge in [0.15, 0.2) is 0 Å². The third kappa shape index (κ3) is 2.52. The van der Waals surface area contributed by atoms with Crippen LogP contribution < -0.4 is 0 Å². The normalized spacial score (nSPS) is 38.3. The van der Waals surface area contributed by atoms with Gasteiger partial charge in [-0.05, 0) is 31.1 Å². The van der Waals surface area contributed by atoms with Gasteiger partial charge in [0.2, 0.25) is 0 Å². The lowest BCUT2D eigenvalue weighted by molar-refractivity contribution is -0.0880. The quantitative estimate of drug-likeness (QED) is 0.776. The monoisotopic (exact) mass is 209 g/mol. The van der Waals surface area contributed by atoms with E-state index >= 15 is 0 Å². The molecule has 0 heterocycles. The number of nitriles is 1. The van der Waals surface area contributed by atoms with Crippen molar-refractivity contribution in [3.8, 4) is 6.07 Å². The zero-order chi connectivity index (χ0) is 11.5. The summed E-state index contributed by atoms with van der Waals surface area (Å²) in [6.45, 7) is 6.34. The minimum atomic E-state index is -0.734. The highest BCUT2D eigenvalue weighted by Crippen LogP contribution is 2.42. The van der Waals surface area contributed by atoms with Crippen molar-refractivity contribution >= 4 is 0 Å². The van der Waals surface area contributed by atoms with Crippen molar-refractivity contribution in [2.24, 2.45) is 17.8 Å². The van der Waals surface area contributed by atoms with Gasteiger partial charge in [0.1, 0.15) is 0 Å². The molecular weight excluding hydrogens is 186 g/mol. The van der Waals surface area contributed by atoms with Gasteiger partial charge < -0.3 is 5.11 Å². The van der Waals surface area contributed by atoms with E-state index in [1.807, 2.05) is 0 Å². The van der Waals surface area contributed by atoms with Crippen LogP contribution in [0.25, 0.3) is 0 Å². The number of hydrogen-bond acceptors (Lipinski definition) is 2. The van der Waals surface area contributed by atoms with Crippen molar-refractivity contribution in [3.05, 3.63) is 0 Å². The van der Waals surface area contributed by atoms with E-state index in [1.165, 1.54) is 6.42 Å². The number of hydrogen-bond donors (Lipinski definition) is 1. The van der Waals surface area contributed by atoms with Crippen LogP contribution in [0, 0.1) is 29.1 Å². The van der Waals surface area contributed by atoms with Crippen LogP contribution in [0.3, 0.4) is 0 Å². The first kappa shape index (κ1) is 12.5. The van der Waals surface area contributed by atoms with Crippen molar-refractivity contribution in [1.82, 2.24) is 0 Å². The van der Waals surface area contributed by atoms with Gasteiger partial charge in [-0.1, -0.05) is 33.6 Å². The van der Waals surface area contributed by atoms with E-state index in [4.69, 9.17) is 5.26 Å². The summed E-state index contributed by atoms with van der Waals surface area (Å²) >= 11 is 0. The predicted molar refractivity (Wildman–Crippen MR) is 61.1 cm³/mol. The van der Waals surface area contributed by atoms with E-state index in [-0.39, 0.29) is 11.8 Å². The van der Waals surface area contributed by atoms with E-state index in [0.29, 0.717) is 5.92 Å². The molecule has 0 amide bonds. The highest BCUT2D eigenvalue weighted by molar-refractivity contribution is 5.03. The first-order valence-corrected chi connectivity index (χ1v) is 6.16. The first-order valence-electron chi connectivity index (χ1n) is 6.16. The van der Waals surface area contributed by atoms with Crippen LogP contribution in [0.15, 0.2) is 0 Å². The van der Waals surface area contributed by atoms with Crippen LogP contribution in [0.1, 0.15) is 52.9 Å². The highest BCUT2D eigenvalue weighted by atomic mass is 16.3. The minimum absolute atomic E-state index is 0.180. The molecule has 86 valence electrons. The Balaban J connectivity index is 2.80. The molecule has 0 spiro atoms. The standard InChI is InChI=1S/C13H23NO/c1-4-5-12(9-14)13(15)8-10(2)6-7-11(13)3/h10-12,15H,4-8H2,1-3H3. The van der Waals surface area contributed by atoms with Crippen LogP contribution in [-0.4, -0.2) is 10.7 Å². The van der Waals surface area contributed by atoms with Crippen LogP contribution in [0.5, 0.6) is 0 Å². The molecule has 0 aliphatic heterocycles. The molecule has 1 fully saturated rings. The van der Waals surface area contributed by atoms with Crippen LogP contribution in [-0.2, 0) is 0 Å². The molecule has 0 radical (unpaired) electrons. The average Bonchev–Trinajstić information content (AvgIpc) is 2.20. The van der Waals surface area contributed by atoms with Crippen molar-refractivity contribution in [2.45, 2.75) is 58.5 Å². The Bertz CT molecular complexity index is 245. The number of nitrogens with zero attached hydrogens (tertiary/aromatic N) is 1. The fourth-order valence-corrected chi connectivity index (χ4v) is 2.85. The first-order chi connectivity index (χ1) is 7.04. The Morgan fingerprint density at radius 1 is 1.47 bits per heavy atom. The zero-order valence-corrected chi connectivity index (χ0v) is 10.2. The van der Waals surface area contributed by atoms with Crippen LogP contribution in [0.4, 0.5) is 0 Å². The summed E-state index contributed by atoms with van der Waals surface area (Å²) in [6, 6.07) is 2.31. The molecule has 2 heteroatoms. The van der Waals surface area contributed by atoms with E-state index < -0.39 is 5.60 Å². The molecule has 0 bridgehead atoms. The fraction of sp³-hybridized carbons (Fsp3) is 0.923. The Kier molecular flexibility index (Phi) is 4.16. The average molecular weight is 209 g/mol. The van der Waals surface area contributed by atoms with Gasteiger partial charge in [-0.15, -0.1) is 0 Å². The molecule has 1 N–H and O–H groups in total. The van der Waals surface area contributed by atoms with E-state index in [9.17, 15) is 5.11 Å². The molecule has 0 saturated heterocycles. The summed E-state index contributed by atoms with van der Waals surface area (Å²) in [5.74, 6) is 0.643. The maximum absolute atomic E-state index is 10.7. The smallest absolute Gasteiger partial charge is 0.0833 e. The molecule has 0 aromatic carbocycles. The van der Waals surface area contributed by atoms with Gasteiger partial charge in [-0.3, -0.25) is 0 Å². The molecular formula is C13H23NO. The second kappa shape index (κ2) is 4.99. The number of rotatable bonds is 3. The van der Waals surface area contributed by atoms with Crippen molar-refractivity contribution in [2.75, 3.05) is 0 Å². The van der Waals surface area contributed by atoms with Gasteiger partial charge in [-0.25, -0.2) is 0 Å². The molecule has 1 rings (SSSR count). The summed E-state index contributed by atoms with van der Waals surface area (Å²) < 4.78 is 0. The lowest BCUT2D eigenvalue weighted by atomic mass is 9.65. The molecule has 2 nitrogen and oxygen atoms in total. The fourth-order valence-electron chi connectivity index (χ4n) is 2.85. The third-order valence-electron chi connectivity index (χ3n) is 3.96. The second-order valence-corrected chi connectivity index (χ2v) is 5.25. The Morgan fingerprint density at radius 2 is 2.13 bits per heavy atom. The molecule has 1 aliphatic carbocycles. The Morgan fingerprint density at radius 3 is 2.67 bits per heavy atom. The third-order valence-corrected chi connectivity index (χ3v) is 3.96. The summed E-state index contributed by atoms with van der Waals surface area (Å²) in [4.78, 5) is 0. The highest BCUT2D eigenvalue weighted by Gasteiger charge is 2.44. The van der Waals surface area contributed by atoms with Gasteiger partial charge in [0.25, 0.3) is 0 Å². The van der Waals surface area contributed by atoms with Gasteiger partial charge >= 0.3 is 0 Å². The van der Waals surface area contributed by atoms with E-state index in [2.05, 4.69) is 26.8 Å². The lowest BCUT2D eigenvalue weighted by Crippen LogP contribution is -2.47. The second-order valence-electron chi connectivity index (χ2n) is 5.25. The largest absolute Gasteiger partial charge is 0.388 e. The molecule has 1 saturated carbocycles. The molecule has 0 aromatic heterocycles. The molecule has 15 heavy (non-hydrogen) atoms. The minimum Gasteiger partial charge on any atom is -0.388 e. The summed E-state index contributed by atoms with van der Waals surface area (Å²) in [6.07, 6.45) is 4.84. The Hall–Kier alpha value is -0.550. The number of aliphatic hydroxyl groups is 1. The van der Waals surface area contributed by atoms with Crippen molar-refractivity contribution in [3.63, 3.8) is 0 Å². The van der Waals surface area contributed by atoms with Crippen LogP contribution in [0.2, 0.25) is 0 Å². The summed E-state index contributed by atoms with van der Waals surface area (Å²) in [5.41, 5.74) is -0.734. The van der Waals surface area contributed by atoms with Gasteiger partial charge in [-0.2, -0.15) is 5.26 Å². The molecule has 0 aromatic rings. The SMILES string of the molecule is CCCC(C#N)C1(O)CC(C)CCC1C. The van der Waals surface area contributed by atoms with Crippen molar-refractivity contribution in [1.29, 1.82) is 5.26 Å². The van der Waals surface area contributed by atoms with Gasteiger partial charge in [0, 0.05) is 0 Å². The molecule has 1 aliphatic rings. The van der Waals surface area contributed by atoms with E-state index in [0.717, 1.165) is 25.7 Å². The molecule has 4 atom stereocenters. The van der Waals surface area contributed by atoms with Gasteiger partial charge in [0.05, 0.1) is 17.6 Å². The predicted octanol–water partition coefficient (Wildman–Crippen LogP) is 3.11. The zero-order valence-electron chi connectivity index (χ0n) is 10.2.